The van der Waals surface area contributed by atoms with E-state index in [0.717, 1.165) is 33.8 Å². The number of carbonyl (C=O) groups is 2. The van der Waals surface area contributed by atoms with E-state index < -0.39 is 0 Å². The molecule has 0 saturated heterocycles. The molecule has 0 aliphatic carbocycles. The average molecular weight is 459 g/mol. The van der Waals surface area contributed by atoms with E-state index in [4.69, 9.17) is 4.74 Å². The van der Waals surface area contributed by atoms with Gasteiger partial charge >= 0.3 is 0 Å². The minimum absolute atomic E-state index is 0.00813. The van der Waals surface area contributed by atoms with Crippen LogP contribution < -0.4 is 20.7 Å². The summed E-state index contributed by atoms with van der Waals surface area (Å²) >= 11 is 0. The number of hydrogen-bond donors (Lipinski definition) is 3. The second-order valence-electron chi connectivity index (χ2n) is 7.90. The Hall–Kier alpha value is -4.40. The first kappa shape index (κ1) is 22.8. The van der Waals surface area contributed by atoms with Crippen molar-refractivity contribution in [3.63, 3.8) is 0 Å². The van der Waals surface area contributed by atoms with E-state index in [1.807, 2.05) is 37.3 Å². The minimum Gasteiger partial charge on any atom is -0.496 e. The van der Waals surface area contributed by atoms with Gasteiger partial charge in [0.1, 0.15) is 11.6 Å². The first-order valence-electron chi connectivity index (χ1n) is 10.7. The molecule has 4 rings (SSSR count). The number of anilines is 5. The van der Waals surface area contributed by atoms with Gasteiger partial charge in [0.2, 0.25) is 17.8 Å². The van der Waals surface area contributed by atoms with Crippen molar-refractivity contribution in [1.29, 1.82) is 0 Å². The van der Waals surface area contributed by atoms with Gasteiger partial charge in [-0.3, -0.25) is 9.59 Å². The highest BCUT2D eigenvalue weighted by atomic mass is 16.5. The molecule has 0 spiro atoms. The van der Waals surface area contributed by atoms with Gasteiger partial charge < -0.3 is 25.6 Å². The van der Waals surface area contributed by atoms with Crippen molar-refractivity contribution in [2.75, 3.05) is 23.1 Å². The zero-order chi connectivity index (χ0) is 24.2. The van der Waals surface area contributed by atoms with E-state index in [9.17, 15) is 9.59 Å². The lowest BCUT2D eigenvalue weighted by Crippen LogP contribution is -2.21. The van der Waals surface area contributed by atoms with Crippen LogP contribution in [0.1, 0.15) is 23.6 Å². The van der Waals surface area contributed by atoms with E-state index >= 15 is 0 Å². The molecule has 1 aromatic heterocycles. The summed E-state index contributed by atoms with van der Waals surface area (Å²) in [6.07, 6.45) is 2.95. The summed E-state index contributed by atoms with van der Waals surface area (Å²) in [5.74, 6) is 1.52. The molecule has 0 bridgehead atoms. The van der Waals surface area contributed by atoms with Gasteiger partial charge in [-0.1, -0.05) is 12.6 Å². The quantitative estimate of drug-likeness (QED) is 0.454. The molecule has 0 unspecified atom stereocenters. The lowest BCUT2D eigenvalue weighted by Gasteiger charge is -2.15. The third-order valence-corrected chi connectivity index (χ3v) is 5.55. The summed E-state index contributed by atoms with van der Waals surface area (Å²) in [6.45, 7) is 7.93. The summed E-state index contributed by atoms with van der Waals surface area (Å²) in [5, 5.41) is 9.31. The molecule has 3 N–H and O–H groups in total. The first-order valence-corrected chi connectivity index (χ1v) is 10.7. The highest BCUT2D eigenvalue weighted by Crippen LogP contribution is 2.37. The molecule has 2 aromatic carbocycles. The highest BCUT2D eigenvalue weighted by molar-refractivity contribution is 5.99. The van der Waals surface area contributed by atoms with Gasteiger partial charge in [-0.25, -0.2) is 4.98 Å². The Balaban J connectivity index is 1.58. The van der Waals surface area contributed by atoms with Crippen LogP contribution in [-0.2, 0) is 22.7 Å². The van der Waals surface area contributed by atoms with E-state index in [0.29, 0.717) is 30.5 Å². The monoisotopic (exact) mass is 458 g/mol. The SMILES string of the molecule is C=CC(=O)Nc1cccc(Nc2nc(Nc3ccc(OC)c4c3CN(C(C)=O)C4)ncc2C)c1. The number of methoxy groups -OCH3 is 1. The third-order valence-electron chi connectivity index (χ3n) is 5.55. The van der Waals surface area contributed by atoms with Crippen molar-refractivity contribution in [1.82, 2.24) is 14.9 Å². The predicted octanol–water partition coefficient (Wildman–Crippen LogP) is 4.27. The van der Waals surface area contributed by atoms with Crippen molar-refractivity contribution in [3.8, 4) is 5.75 Å². The maximum atomic E-state index is 11.9. The van der Waals surface area contributed by atoms with Gasteiger partial charge in [0.15, 0.2) is 0 Å². The van der Waals surface area contributed by atoms with Gasteiger partial charge in [0.25, 0.3) is 0 Å². The van der Waals surface area contributed by atoms with E-state index in [2.05, 4.69) is 32.5 Å². The number of hydrogen-bond acceptors (Lipinski definition) is 7. The number of benzene rings is 2. The van der Waals surface area contributed by atoms with E-state index in [1.54, 1.807) is 31.2 Å². The van der Waals surface area contributed by atoms with Gasteiger partial charge in [0, 0.05) is 53.4 Å². The van der Waals surface area contributed by atoms with Crippen LogP contribution in [-0.4, -0.2) is 33.8 Å². The van der Waals surface area contributed by atoms with Crippen molar-refractivity contribution in [2.24, 2.45) is 0 Å². The van der Waals surface area contributed by atoms with Crippen molar-refractivity contribution >= 4 is 40.6 Å². The molecule has 0 radical (unpaired) electrons. The molecule has 0 saturated carbocycles. The van der Waals surface area contributed by atoms with Gasteiger partial charge in [-0.15, -0.1) is 0 Å². The Kier molecular flexibility index (Phi) is 6.44. The number of amides is 2. The summed E-state index contributed by atoms with van der Waals surface area (Å²) < 4.78 is 5.49. The van der Waals surface area contributed by atoms with Crippen LogP contribution in [0.4, 0.5) is 28.8 Å². The largest absolute Gasteiger partial charge is 0.496 e. The molecule has 0 atom stereocenters. The second kappa shape index (κ2) is 9.62. The zero-order valence-electron chi connectivity index (χ0n) is 19.3. The van der Waals surface area contributed by atoms with Gasteiger partial charge in [-0.05, 0) is 43.3 Å². The molecule has 34 heavy (non-hydrogen) atoms. The molecule has 3 aromatic rings. The molecular weight excluding hydrogens is 432 g/mol. The molecule has 9 nitrogen and oxygen atoms in total. The molecule has 2 amide bonds. The smallest absolute Gasteiger partial charge is 0.247 e. The number of ether oxygens (including phenoxy) is 1. The van der Waals surface area contributed by atoms with Gasteiger partial charge in [-0.2, -0.15) is 4.98 Å². The minimum atomic E-state index is -0.280. The molecular formula is C25H26N6O3. The summed E-state index contributed by atoms with van der Waals surface area (Å²) in [5.41, 5.74) is 5.04. The standard InChI is InChI=1S/C25H26N6O3/c1-5-23(33)27-17-7-6-8-18(11-17)28-24-15(2)12-26-25(30-24)29-21-9-10-22(34-4)20-14-31(16(3)32)13-19(20)21/h5-12H,1,13-14H2,2-4H3,(H,27,33)(H2,26,28,29,30). The molecule has 1 aliphatic heterocycles. The fourth-order valence-corrected chi connectivity index (χ4v) is 3.75. The van der Waals surface area contributed by atoms with Gasteiger partial charge in [0.05, 0.1) is 13.7 Å². The van der Waals surface area contributed by atoms with Crippen LogP contribution >= 0.6 is 0 Å². The van der Waals surface area contributed by atoms with Crippen LogP contribution in [0.15, 0.2) is 55.3 Å². The molecule has 2 heterocycles. The number of aryl methyl sites for hydroxylation is 1. The van der Waals surface area contributed by atoms with Crippen molar-refractivity contribution < 1.29 is 14.3 Å². The van der Waals surface area contributed by atoms with Crippen molar-refractivity contribution in [3.05, 3.63) is 71.9 Å². The Morgan fingerprint density at radius 3 is 2.62 bits per heavy atom. The fourth-order valence-electron chi connectivity index (χ4n) is 3.75. The van der Waals surface area contributed by atoms with Crippen LogP contribution in [0.3, 0.4) is 0 Å². The molecule has 0 fully saturated rings. The first-order chi connectivity index (χ1) is 16.4. The normalized spacial score (nSPS) is 12.0. The Morgan fingerprint density at radius 2 is 1.88 bits per heavy atom. The van der Waals surface area contributed by atoms with Crippen molar-refractivity contribution in [2.45, 2.75) is 26.9 Å². The number of nitrogens with one attached hydrogen (secondary N) is 3. The Bertz CT molecular complexity index is 1270. The number of aromatic nitrogens is 2. The van der Waals surface area contributed by atoms with E-state index in [-0.39, 0.29) is 11.8 Å². The Labute approximate surface area is 197 Å². The average Bonchev–Trinajstić information content (AvgIpc) is 3.28. The summed E-state index contributed by atoms with van der Waals surface area (Å²) in [4.78, 5) is 34.4. The van der Waals surface area contributed by atoms with E-state index in [1.165, 1.54) is 6.08 Å². The fraction of sp³-hybridized carbons (Fsp3) is 0.200. The Morgan fingerprint density at radius 1 is 1.12 bits per heavy atom. The second-order valence-corrected chi connectivity index (χ2v) is 7.90. The molecule has 1 aliphatic rings. The maximum absolute atomic E-state index is 11.9. The lowest BCUT2D eigenvalue weighted by atomic mass is 10.1. The maximum Gasteiger partial charge on any atom is 0.247 e. The topological polar surface area (TPSA) is 108 Å². The predicted molar refractivity (Wildman–Crippen MR) is 132 cm³/mol. The van der Waals surface area contributed by atoms with Crippen LogP contribution in [0.5, 0.6) is 5.75 Å². The van der Waals surface area contributed by atoms with Crippen LogP contribution in [0.2, 0.25) is 0 Å². The molecule has 9 heteroatoms. The molecule has 174 valence electrons. The van der Waals surface area contributed by atoms with Crippen LogP contribution in [0.25, 0.3) is 0 Å². The number of fused-ring (bicyclic) bond motifs is 1. The summed E-state index contributed by atoms with van der Waals surface area (Å²) in [7, 11) is 1.62. The zero-order valence-corrected chi connectivity index (χ0v) is 19.3. The lowest BCUT2D eigenvalue weighted by molar-refractivity contribution is -0.129. The van der Waals surface area contributed by atoms with Crippen LogP contribution in [0, 0.1) is 6.92 Å². The summed E-state index contributed by atoms with van der Waals surface area (Å²) in [6, 6.07) is 11.1. The number of rotatable bonds is 7. The number of carbonyl (C=O) groups excluding carboxylic acids is 2. The third kappa shape index (κ3) is 4.83. The number of nitrogens with zero attached hydrogens (tertiary/aromatic N) is 3. The highest BCUT2D eigenvalue weighted by Gasteiger charge is 2.27.